The summed E-state index contributed by atoms with van der Waals surface area (Å²) in [5.74, 6) is 0.726. The number of nitriles is 1. The number of carbonyl (C=O) groups excluding carboxylic acids is 1. The van der Waals surface area contributed by atoms with Crippen LogP contribution in [0.25, 0.3) is 0 Å². The van der Waals surface area contributed by atoms with Gasteiger partial charge in [0.1, 0.15) is 29.3 Å². The van der Waals surface area contributed by atoms with E-state index in [4.69, 9.17) is 9.47 Å². The fraction of sp³-hybridized carbons (Fsp3) is 0.200. The van der Waals surface area contributed by atoms with Crippen molar-refractivity contribution in [2.45, 2.75) is 13.1 Å². The molecular weight excluding hydrogens is 362 g/mol. The maximum absolute atomic E-state index is 12.5. The molecule has 0 aliphatic carbocycles. The van der Waals surface area contributed by atoms with Crippen molar-refractivity contribution in [1.82, 2.24) is 5.32 Å². The van der Waals surface area contributed by atoms with Crippen molar-refractivity contribution in [2.24, 2.45) is 0 Å². The molecule has 0 saturated heterocycles. The average molecular weight is 381 g/mol. The van der Waals surface area contributed by atoms with Crippen LogP contribution in [0.4, 0.5) is 5.69 Å². The molecule has 0 saturated carbocycles. The Balaban J connectivity index is 2.25. The Bertz CT molecular complexity index is 965. The number of hydrogen-bond acceptors (Lipinski definition) is 6. The SMILES string of the molecule is COc1ccc(OC)c(C2NC(=O)C(C#N)=C(S)N2c2ccccc2C)c1. The van der Waals surface area contributed by atoms with Crippen molar-refractivity contribution in [3.05, 3.63) is 64.2 Å². The minimum Gasteiger partial charge on any atom is -0.497 e. The number of nitrogens with zero attached hydrogens (tertiary/aromatic N) is 2. The third-order valence-corrected chi connectivity index (χ3v) is 4.86. The van der Waals surface area contributed by atoms with Crippen LogP contribution in [0.2, 0.25) is 0 Å². The first-order valence-electron chi connectivity index (χ1n) is 8.22. The zero-order valence-electron chi connectivity index (χ0n) is 15.2. The zero-order valence-corrected chi connectivity index (χ0v) is 16.1. The Morgan fingerprint density at radius 2 is 1.93 bits per heavy atom. The molecule has 1 amide bonds. The molecule has 0 radical (unpaired) electrons. The van der Waals surface area contributed by atoms with Crippen LogP contribution in [0.3, 0.4) is 0 Å². The summed E-state index contributed by atoms with van der Waals surface area (Å²) in [4.78, 5) is 14.3. The lowest BCUT2D eigenvalue weighted by Crippen LogP contribution is -2.46. The van der Waals surface area contributed by atoms with Crippen LogP contribution < -0.4 is 19.7 Å². The number of thiol groups is 1. The number of amides is 1. The largest absolute Gasteiger partial charge is 0.497 e. The predicted molar refractivity (Wildman–Crippen MR) is 106 cm³/mol. The molecule has 3 rings (SSSR count). The van der Waals surface area contributed by atoms with Crippen LogP contribution in [0, 0.1) is 18.3 Å². The Labute approximate surface area is 163 Å². The highest BCUT2D eigenvalue weighted by Gasteiger charge is 2.36. The number of ether oxygens (including phenoxy) is 2. The maximum Gasteiger partial charge on any atom is 0.266 e. The van der Waals surface area contributed by atoms with Crippen LogP contribution >= 0.6 is 12.6 Å². The monoisotopic (exact) mass is 381 g/mol. The zero-order chi connectivity index (χ0) is 19.6. The minimum atomic E-state index is -0.617. The predicted octanol–water partition coefficient (Wildman–Crippen LogP) is 3.31. The Morgan fingerprint density at radius 1 is 1.19 bits per heavy atom. The standard InChI is InChI=1S/C20H19N3O3S/c1-12-6-4-5-7-16(12)23-18(22-19(24)15(11-21)20(23)27)14-10-13(25-2)8-9-17(14)26-3/h4-10,18,27H,1-3H3,(H,22,24). The number of benzene rings is 2. The molecule has 138 valence electrons. The smallest absolute Gasteiger partial charge is 0.266 e. The summed E-state index contributed by atoms with van der Waals surface area (Å²) in [6.45, 7) is 1.96. The molecule has 1 heterocycles. The summed E-state index contributed by atoms with van der Waals surface area (Å²) in [5, 5.41) is 12.6. The molecule has 0 bridgehead atoms. The molecule has 6 nitrogen and oxygen atoms in total. The van der Waals surface area contributed by atoms with Gasteiger partial charge in [-0.1, -0.05) is 18.2 Å². The maximum atomic E-state index is 12.5. The third-order valence-electron chi connectivity index (χ3n) is 4.42. The summed E-state index contributed by atoms with van der Waals surface area (Å²) in [6.07, 6.45) is -0.617. The number of aryl methyl sites for hydroxylation is 1. The fourth-order valence-electron chi connectivity index (χ4n) is 3.06. The summed E-state index contributed by atoms with van der Waals surface area (Å²) in [5.41, 5.74) is 2.45. The van der Waals surface area contributed by atoms with Gasteiger partial charge in [-0.25, -0.2) is 0 Å². The molecule has 2 aromatic carbocycles. The number of hydrogen-bond donors (Lipinski definition) is 2. The van der Waals surface area contributed by atoms with Crippen molar-refractivity contribution in [1.29, 1.82) is 5.26 Å². The number of anilines is 1. The van der Waals surface area contributed by atoms with E-state index in [2.05, 4.69) is 17.9 Å². The van der Waals surface area contributed by atoms with Crippen molar-refractivity contribution in [3.8, 4) is 17.6 Å². The first kappa shape index (κ1) is 18.7. The molecule has 1 aliphatic rings. The first-order valence-corrected chi connectivity index (χ1v) is 8.67. The van der Waals surface area contributed by atoms with E-state index in [1.54, 1.807) is 32.4 Å². The van der Waals surface area contributed by atoms with Gasteiger partial charge in [0.05, 0.1) is 19.2 Å². The summed E-state index contributed by atoms with van der Waals surface area (Å²) in [6, 6.07) is 15.0. The average Bonchev–Trinajstić information content (AvgIpc) is 2.68. The van der Waals surface area contributed by atoms with E-state index in [1.807, 2.05) is 42.2 Å². The van der Waals surface area contributed by atoms with Crippen LogP contribution in [0.5, 0.6) is 11.5 Å². The van der Waals surface area contributed by atoms with Gasteiger partial charge in [0, 0.05) is 11.3 Å². The van der Waals surface area contributed by atoms with Gasteiger partial charge >= 0.3 is 0 Å². The fourth-order valence-corrected chi connectivity index (χ4v) is 3.44. The lowest BCUT2D eigenvalue weighted by Gasteiger charge is -2.39. The van der Waals surface area contributed by atoms with E-state index in [1.165, 1.54) is 0 Å². The molecule has 0 aromatic heterocycles. The molecule has 27 heavy (non-hydrogen) atoms. The number of carbonyl (C=O) groups is 1. The van der Waals surface area contributed by atoms with Crippen molar-refractivity contribution < 1.29 is 14.3 Å². The van der Waals surface area contributed by atoms with Crippen molar-refractivity contribution >= 4 is 24.2 Å². The van der Waals surface area contributed by atoms with E-state index in [9.17, 15) is 10.1 Å². The lowest BCUT2D eigenvalue weighted by atomic mass is 10.0. The van der Waals surface area contributed by atoms with Crippen molar-refractivity contribution in [3.63, 3.8) is 0 Å². The normalized spacial score (nSPS) is 16.6. The molecule has 1 aliphatic heterocycles. The molecule has 7 heteroatoms. The molecule has 2 aromatic rings. The lowest BCUT2D eigenvalue weighted by molar-refractivity contribution is -0.118. The van der Waals surface area contributed by atoms with Gasteiger partial charge in [-0.05, 0) is 36.8 Å². The third kappa shape index (κ3) is 3.32. The van der Waals surface area contributed by atoms with Gasteiger partial charge in [-0.2, -0.15) is 5.26 Å². The molecule has 0 fully saturated rings. The molecule has 1 N–H and O–H groups in total. The van der Waals surface area contributed by atoms with E-state index in [0.717, 1.165) is 11.3 Å². The van der Waals surface area contributed by atoms with Gasteiger partial charge in [0.25, 0.3) is 5.91 Å². The van der Waals surface area contributed by atoms with Crippen LogP contribution in [-0.2, 0) is 4.79 Å². The molecular formula is C20H19N3O3S. The summed E-state index contributed by atoms with van der Waals surface area (Å²) < 4.78 is 10.8. The Kier molecular flexibility index (Phi) is 5.28. The second-order valence-corrected chi connectivity index (χ2v) is 6.37. The van der Waals surface area contributed by atoms with Crippen LogP contribution in [-0.4, -0.2) is 20.1 Å². The van der Waals surface area contributed by atoms with Crippen molar-refractivity contribution in [2.75, 3.05) is 19.1 Å². The molecule has 1 unspecified atom stereocenters. The van der Waals surface area contributed by atoms with Crippen LogP contribution in [0.15, 0.2) is 53.1 Å². The quantitative estimate of drug-likeness (QED) is 0.795. The van der Waals surface area contributed by atoms with Gasteiger partial charge < -0.3 is 19.7 Å². The number of para-hydroxylation sites is 1. The first-order chi connectivity index (χ1) is 13.0. The highest BCUT2D eigenvalue weighted by atomic mass is 32.1. The number of rotatable bonds is 4. The van der Waals surface area contributed by atoms with Gasteiger partial charge in [0.15, 0.2) is 0 Å². The minimum absolute atomic E-state index is 0.0419. The topological polar surface area (TPSA) is 74.6 Å². The molecule has 0 spiro atoms. The highest BCUT2D eigenvalue weighted by molar-refractivity contribution is 7.84. The number of nitrogens with one attached hydrogen (secondary N) is 1. The van der Waals surface area contributed by atoms with Crippen LogP contribution in [0.1, 0.15) is 17.3 Å². The van der Waals surface area contributed by atoms with E-state index in [-0.39, 0.29) is 10.6 Å². The summed E-state index contributed by atoms with van der Waals surface area (Å²) in [7, 11) is 3.13. The Hall–Kier alpha value is -3.11. The van der Waals surface area contributed by atoms with E-state index >= 15 is 0 Å². The second-order valence-electron chi connectivity index (χ2n) is 5.95. The second kappa shape index (κ2) is 7.64. The Morgan fingerprint density at radius 3 is 2.56 bits per heavy atom. The summed E-state index contributed by atoms with van der Waals surface area (Å²) >= 11 is 4.52. The molecule has 1 atom stereocenters. The van der Waals surface area contributed by atoms with Gasteiger partial charge in [0.2, 0.25) is 0 Å². The number of methoxy groups -OCH3 is 2. The van der Waals surface area contributed by atoms with E-state index in [0.29, 0.717) is 17.1 Å². The van der Waals surface area contributed by atoms with E-state index < -0.39 is 12.1 Å². The van der Waals surface area contributed by atoms with Gasteiger partial charge in [-0.3, -0.25) is 4.79 Å². The highest BCUT2D eigenvalue weighted by Crippen LogP contribution is 2.40. The van der Waals surface area contributed by atoms with Gasteiger partial charge in [-0.15, -0.1) is 12.6 Å².